The molecular weight excluding hydrogens is 406 g/mol. The molecule has 154 valence electrons. The van der Waals surface area contributed by atoms with Crippen molar-refractivity contribution in [1.29, 1.82) is 0 Å². The number of nitrogens with zero attached hydrogens (tertiary/aromatic N) is 9. The van der Waals surface area contributed by atoms with E-state index >= 15 is 0 Å². The zero-order valence-corrected chi connectivity index (χ0v) is 17.1. The first-order valence-electron chi connectivity index (χ1n) is 9.95. The molecule has 30 heavy (non-hydrogen) atoms. The molecule has 4 aliphatic rings. The Morgan fingerprint density at radius 1 is 1.27 bits per heavy atom. The maximum atomic E-state index is 12.0. The highest BCUT2D eigenvalue weighted by atomic mass is 35.5. The van der Waals surface area contributed by atoms with Gasteiger partial charge >= 0.3 is 0 Å². The summed E-state index contributed by atoms with van der Waals surface area (Å²) in [6, 6.07) is 8.14. The quantitative estimate of drug-likeness (QED) is 0.676. The number of hydrazine groups is 1. The van der Waals surface area contributed by atoms with E-state index in [4.69, 9.17) is 16.8 Å². The SMILES string of the molecule is CC(=O)N1CCCC1c1cn(N2CN=C3c4ccccc4N4CN(Cl)C=C4N32)nn1. The zero-order valence-electron chi connectivity index (χ0n) is 16.4. The van der Waals surface area contributed by atoms with Crippen LogP contribution in [0.1, 0.15) is 37.1 Å². The summed E-state index contributed by atoms with van der Waals surface area (Å²) < 4.78 is 1.63. The molecule has 1 saturated heterocycles. The van der Waals surface area contributed by atoms with E-state index in [1.54, 1.807) is 16.1 Å². The van der Waals surface area contributed by atoms with Crippen LogP contribution in [-0.4, -0.2) is 61.1 Å². The van der Waals surface area contributed by atoms with Gasteiger partial charge in [-0.1, -0.05) is 12.1 Å². The smallest absolute Gasteiger partial charge is 0.220 e. The van der Waals surface area contributed by atoms with Gasteiger partial charge in [0.1, 0.15) is 12.4 Å². The Morgan fingerprint density at radius 3 is 3.00 bits per heavy atom. The summed E-state index contributed by atoms with van der Waals surface area (Å²) in [6.07, 6.45) is 5.66. The van der Waals surface area contributed by atoms with Crippen LogP contribution in [0.2, 0.25) is 0 Å². The van der Waals surface area contributed by atoms with Gasteiger partial charge in [-0.2, -0.15) is 10.1 Å². The number of fused-ring (bicyclic) bond motifs is 6. The normalized spacial score (nSPS) is 22.2. The molecule has 0 aliphatic carbocycles. The number of benzene rings is 1. The first-order valence-corrected chi connectivity index (χ1v) is 10.3. The second-order valence-electron chi connectivity index (χ2n) is 7.72. The summed E-state index contributed by atoms with van der Waals surface area (Å²) in [7, 11) is 0. The van der Waals surface area contributed by atoms with Crippen molar-refractivity contribution in [1.82, 2.24) is 29.4 Å². The van der Waals surface area contributed by atoms with Gasteiger partial charge in [0.25, 0.3) is 0 Å². The molecule has 1 atom stereocenters. The van der Waals surface area contributed by atoms with Gasteiger partial charge < -0.3 is 9.80 Å². The molecule has 0 N–H and O–H groups in total. The second-order valence-corrected chi connectivity index (χ2v) is 8.15. The van der Waals surface area contributed by atoms with E-state index in [0.717, 1.165) is 48.0 Å². The lowest BCUT2D eigenvalue weighted by Gasteiger charge is -2.39. The third-order valence-corrected chi connectivity index (χ3v) is 6.18. The number of carbonyl (C=O) groups is 1. The number of amidine groups is 1. The number of amides is 1. The fourth-order valence-electron chi connectivity index (χ4n) is 4.65. The second kappa shape index (κ2) is 6.36. The van der Waals surface area contributed by atoms with Crippen LogP contribution in [0.25, 0.3) is 0 Å². The van der Waals surface area contributed by atoms with Crippen LogP contribution in [-0.2, 0) is 4.79 Å². The van der Waals surface area contributed by atoms with Crippen molar-refractivity contribution in [2.24, 2.45) is 4.99 Å². The molecule has 1 fully saturated rings. The Labute approximate surface area is 178 Å². The van der Waals surface area contributed by atoms with E-state index in [9.17, 15) is 4.79 Å². The van der Waals surface area contributed by atoms with Crippen LogP contribution in [0.3, 0.4) is 0 Å². The number of rotatable bonds is 2. The van der Waals surface area contributed by atoms with E-state index in [-0.39, 0.29) is 11.9 Å². The summed E-state index contributed by atoms with van der Waals surface area (Å²) in [5, 5.41) is 12.7. The van der Waals surface area contributed by atoms with E-state index in [1.807, 2.05) is 39.6 Å². The third kappa shape index (κ3) is 2.43. The van der Waals surface area contributed by atoms with Crippen molar-refractivity contribution in [2.75, 3.05) is 29.9 Å². The maximum absolute atomic E-state index is 12.0. The van der Waals surface area contributed by atoms with Crippen molar-refractivity contribution in [3.8, 4) is 0 Å². The number of anilines is 1. The van der Waals surface area contributed by atoms with Gasteiger partial charge in [0, 0.05) is 30.8 Å². The number of hydrogen-bond acceptors (Lipinski definition) is 8. The number of para-hydroxylation sites is 1. The van der Waals surface area contributed by atoms with Crippen molar-refractivity contribution < 1.29 is 4.79 Å². The topological polar surface area (TPSA) is 76.3 Å². The highest BCUT2D eigenvalue weighted by Gasteiger charge is 2.43. The lowest BCUT2D eigenvalue weighted by atomic mass is 10.1. The highest BCUT2D eigenvalue weighted by molar-refractivity contribution is 6.15. The Bertz CT molecular complexity index is 1100. The number of aliphatic imine (C=N–C) groups is 1. The fourth-order valence-corrected chi connectivity index (χ4v) is 4.84. The standard InChI is InChI=1S/C19H20ClN9O/c1-13(30)25-8-4-7-17(25)15-9-27(23-22-15)28-11-21-19-14-5-2-3-6-16(14)26-12-24(20)10-18(26)29(19)28/h2-3,5-6,9-10,17H,4,7-8,11-12H2,1H3. The predicted octanol–water partition coefficient (Wildman–Crippen LogP) is 1.58. The van der Waals surface area contributed by atoms with Gasteiger partial charge in [0.15, 0.2) is 18.3 Å². The Hall–Kier alpha value is -3.27. The summed E-state index contributed by atoms with van der Waals surface area (Å²) in [5.41, 5.74) is 2.92. The summed E-state index contributed by atoms with van der Waals surface area (Å²) in [4.78, 5) is 22.4. The van der Waals surface area contributed by atoms with Crippen LogP contribution in [0.4, 0.5) is 5.69 Å². The molecule has 0 bridgehead atoms. The number of aromatic nitrogens is 3. The van der Waals surface area contributed by atoms with Gasteiger partial charge in [0.2, 0.25) is 5.91 Å². The van der Waals surface area contributed by atoms with Crippen molar-refractivity contribution in [2.45, 2.75) is 25.8 Å². The molecule has 0 spiro atoms. The summed E-state index contributed by atoms with van der Waals surface area (Å²) in [5.74, 6) is 1.83. The molecule has 1 amide bonds. The molecule has 11 heteroatoms. The first-order chi connectivity index (χ1) is 14.6. The van der Waals surface area contributed by atoms with Crippen LogP contribution in [0, 0.1) is 0 Å². The molecule has 0 radical (unpaired) electrons. The lowest BCUT2D eigenvalue weighted by molar-refractivity contribution is -0.129. The van der Waals surface area contributed by atoms with Crippen molar-refractivity contribution >= 4 is 29.2 Å². The molecule has 1 unspecified atom stereocenters. The highest BCUT2D eigenvalue weighted by Crippen LogP contribution is 2.39. The minimum atomic E-state index is -0.0261. The van der Waals surface area contributed by atoms with Crippen LogP contribution >= 0.6 is 11.8 Å². The monoisotopic (exact) mass is 425 g/mol. The minimum absolute atomic E-state index is 0.0261. The molecule has 4 aliphatic heterocycles. The first kappa shape index (κ1) is 17.6. The fraction of sp³-hybridized carbons (Fsp3) is 0.368. The van der Waals surface area contributed by atoms with Crippen molar-refractivity contribution in [3.05, 3.63) is 53.7 Å². The van der Waals surface area contributed by atoms with Gasteiger partial charge in [0.05, 0.1) is 24.1 Å². The number of carbonyl (C=O) groups excluding carboxylic acids is 1. The molecule has 1 aromatic carbocycles. The van der Waals surface area contributed by atoms with E-state index in [0.29, 0.717) is 13.3 Å². The van der Waals surface area contributed by atoms with Gasteiger partial charge in [-0.05, 0) is 30.2 Å². The molecule has 1 aromatic heterocycles. The Kier molecular flexibility index (Phi) is 3.73. The molecule has 2 aromatic rings. The van der Waals surface area contributed by atoms with E-state index in [2.05, 4.69) is 27.3 Å². The largest absolute Gasteiger partial charge is 0.334 e. The average Bonchev–Trinajstić information content (AvgIpc) is 3.50. The maximum Gasteiger partial charge on any atom is 0.220 e. The lowest BCUT2D eigenvalue weighted by Crippen LogP contribution is -2.53. The number of halogens is 1. The summed E-state index contributed by atoms with van der Waals surface area (Å²) >= 11 is 6.33. The number of likely N-dealkylation sites (tertiary alicyclic amines) is 1. The van der Waals surface area contributed by atoms with Crippen LogP contribution in [0.15, 0.2) is 47.5 Å². The molecule has 0 saturated carbocycles. The third-order valence-electron chi connectivity index (χ3n) is 5.97. The van der Waals surface area contributed by atoms with Gasteiger partial charge in [-0.25, -0.2) is 4.99 Å². The molecule has 5 heterocycles. The van der Waals surface area contributed by atoms with Gasteiger partial charge in [-0.3, -0.25) is 9.21 Å². The average molecular weight is 426 g/mol. The number of hydrogen-bond donors (Lipinski definition) is 0. The van der Waals surface area contributed by atoms with Crippen LogP contribution < -0.4 is 10.0 Å². The zero-order chi connectivity index (χ0) is 20.4. The van der Waals surface area contributed by atoms with Gasteiger partial charge in [-0.15, -0.1) is 9.89 Å². The molecule has 10 nitrogen and oxygen atoms in total. The van der Waals surface area contributed by atoms with E-state index < -0.39 is 0 Å². The summed E-state index contributed by atoms with van der Waals surface area (Å²) in [6.45, 7) is 3.32. The van der Waals surface area contributed by atoms with Crippen LogP contribution in [0.5, 0.6) is 0 Å². The van der Waals surface area contributed by atoms with E-state index in [1.165, 1.54) is 0 Å². The predicted molar refractivity (Wildman–Crippen MR) is 110 cm³/mol. The Morgan fingerprint density at radius 2 is 2.13 bits per heavy atom. The molecule has 6 rings (SSSR count). The minimum Gasteiger partial charge on any atom is -0.334 e. The van der Waals surface area contributed by atoms with Crippen molar-refractivity contribution in [3.63, 3.8) is 0 Å². The molecular formula is C19H20ClN9O. The Balaban J connectivity index is 1.36.